The third kappa shape index (κ3) is 1.76. The van der Waals surface area contributed by atoms with E-state index in [1.807, 2.05) is 0 Å². The number of aryl methyl sites for hydroxylation is 2. The summed E-state index contributed by atoms with van der Waals surface area (Å²) >= 11 is 0. The second-order valence-corrected chi connectivity index (χ2v) is 4.83. The molecule has 0 aromatic heterocycles. The summed E-state index contributed by atoms with van der Waals surface area (Å²) in [5.41, 5.74) is 3.84. The second kappa shape index (κ2) is 3.37. The van der Waals surface area contributed by atoms with Crippen LogP contribution in [0.1, 0.15) is 30.0 Å². The van der Waals surface area contributed by atoms with Crippen LogP contribution in [0.5, 0.6) is 0 Å². The zero-order chi connectivity index (χ0) is 11.1. The molecule has 2 nitrogen and oxygen atoms in total. The van der Waals surface area contributed by atoms with Crippen molar-refractivity contribution in [2.75, 3.05) is 6.54 Å². The SMILES string of the molecule is Cc1ccc(C2(C)CNC(=O)C2)c(C)c1. The quantitative estimate of drug-likeness (QED) is 0.744. The van der Waals surface area contributed by atoms with Gasteiger partial charge in [0.1, 0.15) is 0 Å². The largest absolute Gasteiger partial charge is 0.355 e. The highest BCUT2D eigenvalue weighted by Gasteiger charge is 2.36. The highest BCUT2D eigenvalue weighted by Crippen LogP contribution is 2.33. The first-order chi connectivity index (χ1) is 7.01. The van der Waals surface area contributed by atoms with Gasteiger partial charge in [0, 0.05) is 18.4 Å². The van der Waals surface area contributed by atoms with Gasteiger partial charge in [-0.05, 0) is 25.0 Å². The lowest BCUT2D eigenvalue weighted by Crippen LogP contribution is -2.25. The van der Waals surface area contributed by atoms with E-state index in [1.165, 1.54) is 16.7 Å². The van der Waals surface area contributed by atoms with Gasteiger partial charge in [0.15, 0.2) is 0 Å². The molecule has 80 valence electrons. The van der Waals surface area contributed by atoms with Gasteiger partial charge in [0.25, 0.3) is 0 Å². The molecule has 1 N–H and O–H groups in total. The van der Waals surface area contributed by atoms with Gasteiger partial charge in [-0.1, -0.05) is 30.7 Å². The topological polar surface area (TPSA) is 29.1 Å². The van der Waals surface area contributed by atoms with E-state index in [-0.39, 0.29) is 11.3 Å². The molecular weight excluding hydrogens is 186 g/mol. The molecule has 1 atom stereocenters. The smallest absolute Gasteiger partial charge is 0.220 e. The first-order valence-corrected chi connectivity index (χ1v) is 5.36. The number of carbonyl (C=O) groups is 1. The highest BCUT2D eigenvalue weighted by atomic mass is 16.1. The number of hydrogen-bond donors (Lipinski definition) is 1. The predicted octanol–water partition coefficient (Wildman–Crippen LogP) is 2.08. The maximum Gasteiger partial charge on any atom is 0.220 e. The van der Waals surface area contributed by atoms with Crippen LogP contribution in [0.15, 0.2) is 18.2 Å². The Bertz CT molecular complexity index is 411. The lowest BCUT2D eigenvalue weighted by molar-refractivity contribution is -0.119. The third-order valence-electron chi connectivity index (χ3n) is 3.26. The van der Waals surface area contributed by atoms with Gasteiger partial charge in [-0.15, -0.1) is 0 Å². The molecule has 0 saturated carbocycles. The van der Waals surface area contributed by atoms with Crippen molar-refractivity contribution in [1.82, 2.24) is 5.32 Å². The molecule has 1 fully saturated rings. The number of nitrogens with one attached hydrogen (secondary N) is 1. The van der Waals surface area contributed by atoms with Crippen molar-refractivity contribution < 1.29 is 4.79 Å². The van der Waals surface area contributed by atoms with Crippen LogP contribution in [0.2, 0.25) is 0 Å². The molecule has 15 heavy (non-hydrogen) atoms. The zero-order valence-electron chi connectivity index (χ0n) is 9.55. The van der Waals surface area contributed by atoms with Crippen LogP contribution in [0.25, 0.3) is 0 Å². The van der Waals surface area contributed by atoms with Crippen molar-refractivity contribution in [2.45, 2.75) is 32.6 Å². The predicted molar refractivity (Wildman–Crippen MR) is 60.9 cm³/mol. The summed E-state index contributed by atoms with van der Waals surface area (Å²) in [6, 6.07) is 6.46. The maximum absolute atomic E-state index is 11.3. The first-order valence-electron chi connectivity index (χ1n) is 5.36. The standard InChI is InChI=1S/C13H17NO/c1-9-4-5-11(10(2)6-9)13(3)7-12(15)14-8-13/h4-6H,7-8H2,1-3H3,(H,14,15). The summed E-state index contributed by atoms with van der Waals surface area (Å²) < 4.78 is 0. The molecule has 0 aliphatic carbocycles. The Morgan fingerprint density at radius 2 is 2.07 bits per heavy atom. The lowest BCUT2D eigenvalue weighted by atomic mass is 9.79. The normalized spacial score (nSPS) is 25.4. The van der Waals surface area contributed by atoms with Gasteiger partial charge in [-0.2, -0.15) is 0 Å². The number of rotatable bonds is 1. The summed E-state index contributed by atoms with van der Waals surface area (Å²) in [6.07, 6.45) is 0.608. The van der Waals surface area contributed by atoms with Crippen molar-refractivity contribution in [3.05, 3.63) is 34.9 Å². The Hall–Kier alpha value is -1.31. The maximum atomic E-state index is 11.3. The van der Waals surface area contributed by atoms with Crippen LogP contribution < -0.4 is 5.32 Å². The Balaban J connectivity index is 2.41. The van der Waals surface area contributed by atoms with E-state index in [0.29, 0.717) is 6.42 Å². The Morgan fingerprint density at radius 1 is 1.33 bits per heavy atom. The van der Waals surface area contributed by atoms with Gasteiger partial charge < -0.3 is 5.32 Å². The number of hydrogen-bond acceptors (Lipinski definition) is 1. The molecular formula is C13H17NO. The van der Waals surface area contributed by atoms with Gasteiger partial charge in [0.2, 0.25) is 5.91 Å². The first kappa shape index (κ1) is 10.2. The van der Waals surface area contributed by atoms with Gasteiger partial charge in [-0.3, -0.25) is 4.79 Å². The molecule has 1 aliphatic rings. The van der Waals surface area contributed by atoms with Crippen molar-refractivity contribution in [1.29, 1.82) is 0 Å². The number of benzene rings is 1. The van der Waals surface area contributed by atoms with Crippen LogP contribution in [0.4, 0.5) is 0 Å². The summed E-state index contributed by atoms with van der Waals surface area (Å²) in [6.45, 7) is 7.13. The average Bonchev–Trinajstić information content (AvgIpc) is 2.46. The molecule has 2 heteroatoms. The fourth-order valence-electron chi connectivity index (χ4n) is 2.45. The van der Waals surface area contributed by atoms with Crippen molar-refractivity contribution in [3.63, 3.8) is 0 Å². The lowest BCUT2D eigenvalue weighted by Gasteiger charge is -2.24. The Kier molecular flexibility index (Phi) is 2.29. The molecule has 1 amide bonds. The molecule has 1 aromatic carbocycles. The van der Waals surface area contributed by atoms with Gasteiger partial charge >= 0.3 is 0 Å². The fraction of sp³-hybridized carbons (Fsp3) is 0.462. The molecule has 0 spiro atoms. The van der Waals surface area contributed by atoms with E-state index in [9.17, 15) is 4.79 Å². The second-order valence-electron chi connectivity index (χ2n) is 4.83. The summed E-state index contributed by atoms with van der Waals surface area (Å²) in [4.78, 5) is 11.3. The van der Waals surface area contributed by atoms with Gasteiger partial charge in [-0.25, -0.2) is 0 Å². The van der Waals surface area contributed by atoms with E-state index in [0.717, 1.165) is 6.54 Å². The molecule has 1 unspecified atom stereocenters. The van der Waals surface area contributed by atoms with Crippen LogP contribution in [-0.2, 0) is 10.2 Å². The fourth-order valence-corrected chi connectivity index (χ4v) is 2.45. The minimum atomic E-state index is -0.0190. The molecule has 0 radical (unpaired) electrons. The van der Waals surface area contributed by atoms with Crippen LogP contribution in [0.3, 0.4) is 0 Å². The van der Waals surface area contributed by atoms with Crippen molar-refractivity contribution in [3.8, 4) is 0 Å². The highest BCUT2D eigenvalue weighted by molar-refractivity contribution is 5.80. The number of carbonyl (C=O) groups excluding carboxylic acids is 1. The summed E-state index contributed by atoms with van der Waals surface area (Å²) in [5.74, 6) is 0.164. The zero-order valence-corrected chi connectivity index (χ0v) is 9.55. The van der Waals surface area contributed by atoms with E-state index in [2.05, 4.69) is 44.3 Å². The van der Waals surface area contributed by atoms with Gasteiger partial charge in [0.05, 0.1) is 0 Å². The van der Waals surface area contributed by atoms with Crippen LogP contribution >= 0.6 is 0 Å². The van der Waals surface area contributed by atoms with E-state index < -0.39 is 0 Å². The Morgan fingerprint density at radius 3 is 2.60 bits per heavy atom. The molecule has 1 aromatic rings. The van der Waals surface area contributed by atoms with Crippen LogP contribution in [-0.4, -0.2) is 12.5 Å². The van der Waals surface area contributed by atoms with E-state index >= 15 is 0 Å². The molecule has 1 heterocycles. The monoisotopic (exact) mass is 203 g/mol. The number of amides is 1. The molecule has 2 rings (SSSR count). The molecule has 1 aliphatic heterocycles. The van der Waals surface area contributed by atoms with E-state index in [1.54, 1.807) is 0 Å². The minimum absolute atomic E-state index is 0.0190. The van der Waals surface area contributed by atoms with Crippen molar-refractivity contribution >= 4 is 5.91 Å². The van der Waals surface area contributed by atoms with E-state index in [4.69, 9.17) is 0 Å². The molecule has 1 saturated heterocycles. The third-order valence-corrected chi connectivity index (χ3v) is 3.26. The summed E-state index contributed by atoms with van der Waals surface area (Å²) in [7, 11) is 0. The summed E-state index contributed by atoms with van der Waals surface area (Å²) in [5, 5.41) is 2.91. The van der Waals surface area contributed by atoms with Crippen molar-refractivity contribution in [2.24, 2.45) is 0 Å². The Labute approximate surface area is 90.7 Å². The van der Waals surface area contributed by atoms with Crippen LogP contribution in [0, 0.1) is 13.8 Å². The average molecular weight is 203 g/mol. The minimum Gasteiger partial charge on any atom is -0.355 e. The molecule has 0 bridgehead atoms.